The third-order valence-electron chi connectivity index (χ3n) is 4.81. The number of carbonyl (C=O) groups is 2. The zero-order valence-electron chi connectivity index (χ0n) is 14.7. The number of benzene rings is 1. The van der Waals surface area contributed by atoms with Crippen molar-refractivity contribution in [3.8, 4) is 11.4 Å². The quantitative estimate of drug-likeness (QED) is 0.774. The molecule has 0 aliphatic heterocycles. The molecule has 7 heteroatoms. The summed E-state index contributed by atoms with van der Waals surface area (Å²) in [6.07, 6.45) is 0. The number of aliphatic carboxylic acids is 1. The molecule has 1 heterocycles. The molecule has 1 aromatic heterocycles. The number of nitrogens with zero attached hydrogens (tertiary/aromatic N) is 2. The number of hydrogen-bond donors (Lipinski definition) is 3. The molecule has 0 unspecified atom stereocenters. The minimum atomic E-state index is -0.930. The number of amides is 1. The highest BCUT2D eigenvalue weighted by atomic mass is 16.4. The summed E-state index contributed by atoms with van der Waals surface area (Å²) in [6, 6.07) is 7.23. The average molecular weight is 342 g/mol. The van der Waals surface area contributed by atoms with Gasteiger partial charge in [0.1, 0.15) is 5.82 Å². The Kier molecular flexibility index (Phi) is 4.10. The lowest BCUT2D eigenvalue weighted by atomic mass is 10.1. The smallest absolute Gasteiger partial charge is 0.307 e. The number of carboxylic acid groups (broad SMARTS) is 1. The van der Waals surface area contributed by atoms with E-state index in [-0.39, 0.29) is 11.8 Å². The van der Waals surface area contributed by atoms with Gasteiger partial charge in [0.15, 0.2) is 5.82 Å². The van der Waals surface area contributed by atoms with Crippen molar-refractivity contribution < 1.29 is 14.7 Å². The van der Waals surface area contributed by atoms with Crippen LogP contribution in [0.2, 0.25) is 0 Å². The topological polar surface area (TPSA) is 108 Å². The molecule has 0 spiro atoms. The predicted octanol–water partition coefficient (Wildman–Crippen LogP) is 2.89. The van der Waals surface area contributed by atoms with Crippen LogP contribution >= 0.6 is 0 Å². The standard InChI is InChI=1S/C18H22N4O3/c1-9(2)14-20-15(22-21-14)10-6-5-7-11(8-10)19-16(23)12-13(17(24)25)18(12,3)4/h5-9,12-13H,1-4H3,(H,19,23)(H,24,25)(H,20,21,22)/t12-,13-/m0/s1. The number of anilines is 1. The normalized spacial score (nSPS) is 21.2. The fraction of sp³-hybridized carbons (Fsp3) is 0.444. The Bertz CT molecular complexity index is 825. The largest absolute Gasteiger partial charge is 0.481 e. The maximum Gasteiger partial charge on any atom is 0.307 e. The molecule has 1 saturated carbocycles. The van der Waals surface area contributed by atoms with Crippen molar-refractivity contribution in [1.82, 2.24) is 15.2 Å². The van der Waals surface area contributed by atoms with Crippen molar-refractivity contribution in [1.29, 1.82) is 0 Å². The van der Waals surface area contributed by atoms with E-state index in [1.54, 1.807) is 26.0 Å². The first-order chi connectivity index (χ1) is 11.7. The van der Waals surface area contributed by atoms with Crippen LogP contribution in [0.3, 0.4) is 0 Å². The Morgan fingerprint density at radius 1 is 1.28 bits per heavy atom. The number of H-pyrrole nitrogens is 1. The Balaban J connectivity index is 1.76. The van der Waals surface area contributed by atoms with Gasteiger partial charge in [0.25, 0.3) is 0 Å². The highest BCUT2D eigenvalue weighted by Crippen LogP contribution is 2.58. The van der Waals surface area contributed by atoms with Crippen LogP contribution in [0, 0.1) is 17.3 Å². The minimum absolute atomic E-state index is 0.245. The van der Waals surface area contributed by atoms with Crippen LogP contribution in [-0.2, 0) is 9.59 Å². The summed E-state index contributed by atoms with van der Waals surface area (Å²) < 4.78 is 0. The summed E-state index contributed by atoms with van der Waals surface area (Å²) in [5, 5.41) is 19.1. The third kappa shape index (κ3) is 3.14. The zero-order valence-corrected chi connectivity index (χ0v) is 14.7. The van der Waals surface area contributed by atoms with E-state index in [0.717, 1.165) is 11.4 Å². The van der Waals surface area contributed by atoms with Gasteiger partial charge in [-0.05, 0) is 17.5 Å². The molecule has 0 radical (unpaired) electrons. The molecule has 1 aliphatic rings. The van der Waals surface area contributed by atoms with E-state index in [4.69, 9.17) is 0 Å². The van der Waals surface area contributed by atoms with Crippen LogP contribution < -0.4 is 5.32 Å². The number of rotatable bonds is 5. The van der Waals surface area contributed by atoms with Gasteiger partial charge < -0.3 is 10.4 Å². The van der Waals surface area contributed by atoms with E-state index in [2.05, 4.69) is 20.5 Å². The second kappa shape index (κ2) is 5.98. The summed E-state index contributed by atoms with van der Waals surface area (Å²) in [7, 11) is 0. The summed E-state index contributed by atoms with van der Waals surface area (Å²) >= 11 is 0. The second-order valence-corrected chi connectivity index (χ2v) is 7.38. The molecule has 3 rings (SSSR count). The van der Waals surface area contributed by atoms with Crippen molar-refractivity contribution in [3.63, 3.8) is 0 Å². The van der Waals surface area contributed by atoms with Gasteiger partial charge in [0, 0.05) is 17.2 Å². The van der Waals surface area contributed by atoms with E-state index >= 15 is 0 Å². The molecule has 1 aromatic carbocycles. The van der Waals surface area contributed by atoms with Gasteiger partial charge in [0.2, 0.25) is 5.91 Å². The van der Waals surface area contributed by atoms with Crippen LogP contribution in [-0.4, -0.2) is 32.2 Å². The van der Waals surface area contributed by atoms with Crippen molar-refractivity contribution in [2.75, 3.05) is 5.32 Å². The van der Waals surface area contributed by atoms with Gasteiger partial charge in [-0.1, -0.05) is 39.8 Å². The Morgan fingerprint density at radius 3 is 2.56 bits per heavy atom. The Hall–Kier alpha value is -2.70. The van der Waals surface area contributed by atoms with Crippen LogP contribution in [0.15, 0.2) is 24.3 Å². The monoisotopic (exact) mass is 342 g/mol. The van der Waals surface area contributed by atoms with E-state index in [1.165, 1.54) is 0 Å². The van der Waals surface area contributed by atoms with Gasteiger partial charge >= 0.3 is 5.97 Å². The van der Waals surface area contributed by atoms with Crippen LogP contribution in [0.25, 0.3) is 11.4 Å². The number of aromatic amines is 1. The summed E-state index contributed by atoms with van der Waals surface area (Å²) in [6.45, 7) is 7.65. The first-order valence-electron chi connectivity index (χ1n) is 8.28. The van der Waals surface area contributed by atoms with Crippen LogP contribution in [0.5, 0.6) is 0 Å². The lowest BCUT2D eigenvalue weighted by molar-refractivity contribution is -0.140. The lowest BCUT2D eigenvalue weighted by Gasteiger charge is -2.07. The molecular weight excluding hydrogens is 320 g/mol. The van der Waals surface area contributed by atoms with Gasteiger partial charge in [-0.25, -0.2) is 4.98 Å². The van der Waals surface area contributed by atoms with Gasteiger partial charge in [-0.3, -0.25) is 14.7 Å². The van der Waals surface area contributed by atoms with Gasteiger partial charge in [-0.15, -0.1) is 0 Å². The molecular formula is C18H22N4O3. The molecule has 1 fully saturated rings. The predicted molar refractivity (Wildman–Crippen MR) is 92.9 cm³/mol. The molecule has 2 atom stereocenters. The summed E-state index contributed by atoms with van der Waals surface area (Å²) in [4.78, 5) is 28.1. The maximum atomic E-state index is 12.4. The Morgan fingerprint density at radius 2 is 2.00 bits per heavy atom. The molecule has 7 nitrogen and oxygen atoms in total. The SMILES string of the molecule is CC(C)c1nc(-c2cccc(NC(=O)[C@@H]3[C@@H](C(=O)O)C3(C)C)c2)n[nH]1. The van der Waals surface area contributed by atoms with E-state index < -0.39 is 23.2 Å². The number of aromatic nitrogens is 3. The fourth-order valence-corrected chi connectivity index (χ4v) is 3.21. The first-order valence-corrected chi connectivity index (χ1v) is 8.28. The molecule has 1 amide bonds. The second-order valence-electron chi connectivity index (χ2n) is 7.38. The summed E-state index contributed by atoms with van der Waals surface area (Å²) in [5.41, 5.74) is 0.861. The average Bonchev–Trinajstić information content (AvgIpc) is 2.91. The van der Waals surface area contributed by atoms with Crippen LogP contribution in [0.4, 0.5) is 5.69 Å². The highest BCUT2D eigenvalue weighted by Gasteiger charge is 2.65. The number of nitrogens with one attached hydrogen (secondary N) is 2. The summed E-state index contributed by atoms with van der Waals surface area (Å²) in [5.74, 6) is -0.757. The van der Waals surface area contributed by atoms with E-state index in [0.29, 0.717) is 11.5 Å². The van der Waals surface area contributed by atoms with Gasteiger partial charge in [-0.2, -0.15) is 5.10 Å². The fourth-order valence-electron chi connectivity index (χ4n) is 3.21. The zero-order chi connectivity index (χ0) is 18.4. The Labute approximate surface area is 145 Å². The number of carboxylic acids is 1. The minimum Gasteiger partial charge on any atom is -0.481 e. The molecule has 132 valence electrons. The molecule has 2 aromatic rings. The number of carbonyl (C=O) groups excluding carboxylic acids is 1. The molecule has 0 bridgehead atoms. The first kappa shape index (κ1) is 17.1. The lowest BCUT2D eigenvalue weighted by Crippen LogP contribution is -2.17. The van der Waals surface area contributed by atoms with Crippen molar-refractivity contribution in [2.24, 2.45) is 17.3 Å². The molecule has 25 heavy (non-hydrogen) atoms. The highest BCUT2D eigenvalue weighted by molar-refractivity contribution is 6.00. The molecule has 1 aliphatic carbocycles. The third-order valence-corrected chi connectivity index (χ3v) is 4.81. The van der Waals surface area contributed by atoms with Crippen molar-refractivity contribution >= 4 is 17.6 Å². The number of hydrogen-bond acceptors (Lipinski definition) is 4. The molecule has 3 N–H and O–H groups in total. The molecule has 0 saturated heterocycles. The van der Waals surface area contributed by atoms with Crippen molar-refractivity contribution in [2.45, 2.75) is 33.6 Å². The maximum absolute atomic E-state index is 12.4. The van der Waals surface area contributed by atoms with Crippen LogP contribution in [0.1, 0.15) is 39.4 Å². The van der Waals surface area contributed by atoms with Gasteiger partial charge in [0.05, 0.1) is 11.8 Å². The van der Waals surface area contributed by atoms with E-state index in [1.807, 2.05) is 26.0 Å². The van der Waals surface area contributed by atoms with E-state index in [9.17, 15) is 14.7 Å². The van der Waals surface area contributed by atoms with Crippen molar-refractivity contribution in [3.05, 3.63) is 30.1 Å².